The number of benzene rings is 2. The first-order valence-electron chi connectivity index (χ1n) is 15.0. The lowest BCUT2D eigenvalue weighted by Crippen LogP contribution is -2.54. The predicted molar refractivity (Wildman–Crippen MR) is 161 cm³/mol. The number of ether oxygens (including phenoxy) is 2. The minimum absolute atomic E-state index is 0.0355. The van der Waals surface area contributed by atoms with Crippen LogP contribution >= 0.6 is 0 Å². The summed E-state index contributed by atoms with van der Waals surface area (Å²) in [4.78, 5) is 31.9. The molecule has 2 aromatic carbocycles. The van der Waals surface area contributed by atoms with Crippen molar-refractivity contribution in [2.45, 2.75) is 91.2 Å². The van der Waals surface area contributed by atoms with Gasteiger partial charge < -0.3 is 24.4 Å². The zero-order valence-corrected chi connectivity index (χ0v) is 25.9. The van der Waals surface area contributed by atoms with Gasteiger partial charge in [-0.3, -0.25) is 9.69 Å². The van der Waals surface area contributed by atoms with E-state index in [1.807, 2.05) is 38.8 Å². The number of rotatable bonds is 7. The van der Waals surface area contributed by atoms with Gasteiger partial charge in [-0.1, -0.05) is 6.07 Å². The van der Waals surface area contributed by atoms with Crippen LogP contribution in [-0.2, 0) is 22.7 Å². The highest BCUT2D eigenvalue weighted by atomic mass is 19.1. The van der Waals surface area contributed by atoms with E-state index in [2.05, 4.69) is 30.9 Å². The van der Waals surface area contributed by atoms with Crippen LogP contribution in [0.4, 0.5) is 14.9 Å². The van der Waals surface area contributed by atoms with Gasteiger partial charge in [0.1, 0.15) is 17.2 Å². The molecule has 230 valence electrons. The Balaban J connectivity index is 1.28. The minimum atomic E-state index is -0.508. The summed E-state index contributed by atoms with van der Waals surface area (Å²) in [7, 11) is 1.84. The highest BCUT2D eigenvalue weighted by Crippen LogP contribution is 2.31. The lowest BCUT2D eigenvalue weighted by molar-refractivity contribution is -0.123. The summed E-state index contributed by atoms with van der Waals surface area (Å²) in [6.07, 6.45) is 2.65. The third-order valence-electron chi connectivity index (χ3n) is 8.29. The third-order valence-corrected chi connectivity index (χ3v) is 8.29. The van der Waals surface area contributed by atoms with Crippen LogP contribution in [0.25, 0.3) is 0 Å². The van der Waals surface area contributed by atoms with Crippen molar-refractivity contribution in [3.63, 3.8) is 0 Å². The zero-order chi connectivity index (χ0) is 30.6. The molecule has 1 aliphatic heterocycles. The summed E-state index contributed by atoms with van der Waals surface area (Å²) in [6, 6.07) is 10.7. The number of carbonyl (C=O) groups is 2. The van der Waals surface area contributed by atoms with Gasteiger partial charge in [0.15, 0.2) is 0 Å². The topological polar surface area (TPSA) is 82.6 Å². The monoisotopic (exact) mass is 583 g/mol. The molecule has 0 unspecified atom stereocenters. The number of aliphatic hydroxyl groups is 1. The van der Waals surface area contributed by atoms with E-state index in [1.54, 1.807) is 11.0 Å². The van der Waals surface area contributed by atoms with Gasteiger partial charge in [0.25, 0.3) is 0 Å². The molecular weight excluding hydrogens is 537 g/mol. The molecule has 1 heterocycles. The van der Waals surface area contributed by atoms with E-state index in [9.17, 15) is 19.1 Å². The van der Waals surface area contributed by atoms with Crippen LogP contribution in [0.3, 0.4) is 0 Å². The number of hydrogen-bond donors (Lipinski definition) is 1. The standard InChI is InChI=1S/C33H46FN3O5/c1-22-17-27(10-7-25(22)20-36-15-16-37(23(2)19-36)32(40)42-33(3,4)5)35(6)31(39)24-8-11-28(12-9-24)41-29-13-14-30(34)26(18-29)21-38/h7,10,13-14,17-18,23-24,28,38H,8-9,11-12,15-16,19-21H2,1-6H3/t23-,24?,28?/m0/s1. The number of nitrogens with zero attached hydrogens (tertiary/aromatic N) is 3. The summed E-state index contributed by atoms with van der Waals surface area (Å²) in [6.45, 7) is 12.4. The maximum Gasteiger partial charge on any atom is 0.410 e. The van der Waals surface area contributed by atoms with E-state index in [0.29, 0.717) is 12.3 Å². The summed E-state index contributed by atoms with van der Waals surface area (Å²) < 4.78 is 25.3. The van der Waals surface area contributed by atoms with E-state index < -0.39 is 11.4 Å². The molecule has 1 saturated carbocycles. The molecule has 1 atom stereocenters. The number of aryl methyl sites for hydroxylation is 1. The number of piperazine rings is 1. The fourth-order valence-corrected chi connectivity index (χ4v) is 5.84. The van der Waals surface area contributed by atoms with Crippen molar-refractivity contribution in [3.05, 3.63) is 58.9 Å². The smallest absolute Gasteiger partial charge is 0.410 e. The first kappa shape index (κ1) is 31.8. The lowest BCUT2D eigenvalue weighted by atomic mass is 9.86. The van der Waals surface area contributed by atoms with Crippen molar-refractivity contribution in [2.75, 3.05) is 31.6 Å². The Morgan fingerprint density at radius 1 is 1.05 bits per heavy atom. The van der Waals surface area contributed by atoms with Crippen LogP contribution in [0.15, 0.2) is 36.4 Å². The van der Waals surface area contributed by atoms with Gasteiger partial charge in [-0.25, -0.2) is 9.18 Å². The summed E-state index contributed by atoms with van der Waals surface area (Å²) in [5.41, 5.74) is 2.93. The molecule has 9 heteroatoms. The van der Waals surface area contributed by atoms with Crippen LogP contribution in [0.1, 0.15) is 70.1 Å². The summed E-state index contributed by atoms with van der Waals surface area (Å²) >= 11 is 0. The fraction of sp³-hybridized carbons (Fsp3) is 0.576. The van der Waals surface area contributed by atoms with E-state index in [4.69, 9.17) is 9.47 Å². The first-order chi connectivity index (χ1) is 19.8. The maximum absolute atomic E-state index is 13.7. The molecule has 2 fully saturated rings. The van der Waals surface area contributed by atoms with Gasteiger partial charge in [0.05, 0.1) is 12.7 Å². The molecule has 0 radical (unpaired) electrons. The Morgan fingerprint density at radius 2 is 1.76 bits per heavy atom. The molecular formula is C33H46FN3O5. The lowest BCUT2D eigenvalue weighted by Gasteiger charge is -2.40. The number of hydrogen-bond acceptors (Lipinski definition) is 6. The highest BCUT2D eigenvalue weighted by Gasteiger charge is 2.32. The second-order valence-corrected chi connectivity index (χ2v) is 12.8. The molecule has 2 amide bonds. The average Bonchev–Trinajstić information content (AvgIpc) is 2.94. The van der Waals surface area contributed by atoms with Crippen molar-refractivity contribution < 1.29 is 28.6 Å². The van der Waals surface area contributed by atoms with Crippen molar-refractivity contribution in [1.82, 2.24) is 9.80 Å². The van der Waals surface area contributed by atoms with E-state index >= 15 is 0 Å². The predicted octanol–water partition coefficient (Wildman–Crippen LogP) is 5.67. The average molecular weight is 584 g/mol. The van der Waals surface area contributed by atoms with Gasteiger partial charge in [-0.2, -0.15) is 0 Å². The number of halogens is 1. The van der Waals surface area contributed by atoms with Gasteiger partial charge in [-0.05, 0) is 102 Å². The quantitative estimate of drug-likeness (QED) is 0.453. The fourth-order valence-electron chi connectivity index (χ4n) is 5.84. The van der Waals surface area contributed by atoms with E-state index in [0.717, 1.165) is 56.6 Å². The van der Waals surface area contributed by atoms with Gasteiger partial charge in [0, 0.05) is 56.4 Å². The van der Waals surface area contributed by atoms with E-state index in [-0.39, 0.29) is 42.2 Å². The van der Waals surface area contributed by atoms with Gasteiger partial charge in [0.2, 0.25) is 5.91 Å². The molecule has 0 spiro atoms. The first-order valence-corrected chi connectivity index (χ1v) is 15.0. The second kappa shape index (κ2) is 13.4. The summed E-state index contributed by atoms with van der Waals surface area (Å²) in [5.74, 6) is 0.135. The third kappa shape index (κ3) is 8.01. The zero-order valence-electron chi connectivity index (χ0n) is 25.9. The largest absolute Gasteiger partial charge is 0.490 e. The van der Waals surface area contributed by atoms with Crippen molar-refractivity contribution in [1.29, 1.82) is 0 Å². The van der Waals surface area contributed by atoms with Crippen LogP contribution in [-0.4, -0.2) is 71.3 Å². The van der Waals surface area contributed by atoms with Gasteiger partial charge in [-0.15, -0.1) is 0 Å². The van der Waals surface area contributed by atoms with Gasteiger partial charge >= 0.3 is 6.09 Å². The molecule has 4 rings (SSSR count). The van der Waals surface area contributed by atoms with Crippen LogP contribution in [0.5, 0.6) is 5.75 Å². The van der Waals surface area contributed by atoms with Crippen molar-refractivity contribution in [3.8, 4) is 5.75 Å². The Morgan fingerprint density at radius 3 is 2.38 bits per heavy atom. The van der Waals surface area contributed by atoms with Crippen molar-refractivity contribution >= 4 is 17.7 Å². The molecule has 8 nitrogen and oxygen atoms in total. The molecule has 0 bridgehead atoms. The van der Waals surface area contributed by atoms with Crippen LogP contribution < -0.4 is 9.64 Å². The maximum atomic E-state index is 13.7. The molecule has 42 heavy (non-hydrogen) atoms. The Labute approximate surface area is 249 Å². The van der Waals surface area contributed by atoms with Crippen LogP contribution in [0.2, 0.25) is 0 Å². The Kier molecular flexibility index (Phi) is 10.1. The SMILES string of the molecule is Cc1cc(N(C)C(=O)C2CCC(Oc3ccc(F)c(CO)c3)CC2)ccc1CN1CCN(C(=O)OC(C)(C)C)[C@@H](C)C1. The number of carbonyl (C=O) groups excluding carboxylic acids is 2. The molecule has 2 aromatic rings. The molecule has 1 N–H and O–H groups in total. The van der Waals surface area contributed by atoms with E-state index in [1.165, 1.54) is 17.7 Å². The van der Waals surface area contributed by atoms with Crippen LogP contribution in [0, 0.1) is 18.7 Å². The Hall–Kier alpha value is -3.17. The summed E-state index contributed by atoms with van der Waals surface area (Å²) in [5, 5.41) is 9.30. The normalized spacial score (nSPS) is 21.6. The molecule has 0 aromatic heterocycles. The number of anilines is 1. The molecule has 2 aliphatic rings. The second-order valence-electron chi connectivity index (χ2n) is 12.8. The number of amides is 2. The number of aliphatic hydroxyl groups excluding tert-OH is 1. The Bertz CT molecular complexity index is 1250. The molecule has 1 saturated heterocycles. The van der Waals surface area contributed by atoms with Crippen molar-refractivity contribution in [2.24, 2.45) is 5.92 Å². The molecule has 1 aliphatic carbocycles. The highest BCUT2D eigenvalue weighted by molar-refractivity contribution is 5.94. The minimum Gasteiger partial charge on any atom is -0.490 e.